The molecule has 2 aliphatic heterocycles. The Morgan fingerprint density at radius 3 is 2.84 bits per heavy atom. The second-order valence-corrected chi connectivity index (χ2v) is 10.8. The minimum atomic E-state index is -1.52. The van der Waals surface area contributed by atoms with Crippen LogP contribution in [0.3, 0.4) is 0 Å². The molecule has 3 N–H and O–H groups in total. The molecule has 10 nitrogen and oxygen atoms in total. The Balaban J connectivity index is 1.38. The number of fused-ring (bicyclic) bond motifs is 1. The normalized spacial score (nSPS) is 19.4. The summed E-state index contributed by atoms with van der Waals surface area (Å²) in [6.45, 7) is 3.71. The number of thiophene rings is 1. The first-order valence-electron chi connectivity index (χ1n) is 9.39. The third-order valence-electron chi connectivity index (χ3n) is 4.83. The molecule has 0 spiro atoms. The van der Waals surface area contributed by atoms with Gasteiger partial charge in [0, 0.05) is 24.8 Å². The molecule has 0 saturated carbocycles. The van der Waals surface area contributed by atoms with Gasteiger partial charge in [-0.1, -0.05) is 0 Å². The number of hydrogen-bond donors (Lipinski definition) is 3. The summed E-state index contributed by atoms with van der Waals surface area (Å²) in [5, 5.41) is 5.26. The molecule has 2 aromatic heterocycles. The topological polar surface area (TPSA) is 144 Å². The van der Waals surface area contributed by atoms with Crippen LogP contribution < -0.4 is 15.4 Å². The van der Waals surface area contributed by atoms with E-state index in [-0.39, 0.29) is 24.1 Å². The number of anilines is 1. The van der Waals surface area contributed by atoms with Crippen LogP contribution in [0.4, 0.5) is 5.13 Å². The number of rotatable bonds is 6. The van der Waals surface area contributed by atoms with Crippen LogP contribution in [0.2, 0.25) is 0 Å². The molecule has 0 radical (unpaired) electrons. The number of carbonyl (C=O) groups is 4. The largest absolute Gasteiger partial charge is 0.592 e. The monoisotopic (exact) mass is 481 g/mol. The molecule has 2 atom stereocenters. The highest BCUT2D eigenvalue weighted by Crippen LogP contribution is 2.34. The van der Waals surface area contributed by atoms with Crippen LogP contribution in [0.15, 0.2) is 10.3 Å². The number of thiazole rings is 1. The van der Waals surface area contributed by atoms with Crippen molar-refractivity contribution in [3.8, 4) is 0 Å². The fourth-order valence-corrected chi connectivity index (χ4v) is 6.80. The number of carbonyl (C=O) groups excluding carboxylic acids is 4. The summed E-state index contributed by atoms with van der Waals surface area (Å²) < 4.78 is 16.1. The van der Waals surface area contributed by atoms with Gasteiger partial charge < -0.3 is 14.8 Å². The summed E-state index contributed by atoms with van der Waals surface area (Å²) in [5.74, 6) is -1.22. The van der Waals surface area contributed by atoms with E-state index < -0.39 is 23.3 Å². The number of hydrogen-bond acceptors (Lipinski definition) is 9. The average Bonchev–Trinajstić information content (AvgIpc) is 3.34. The quantitative estimate of drug-likeness (QED) is 0.413. The minimum Gasteiger partial charge on any atom is -0.592 e. The third-order valence-corrected chi connectivity index (χ3v) is 8.60. The van der Waals surface area contributed by atoms with E-state index in [1.807, 2.05) is 6.07 Å². The molecule has 4 amide bonds. The van der Waals surface area contributed by atoms with Gasteiger partial charge in [-0.2, -0.15) is 0 Å². The van der Waals surface area contributed by atoms with Gasteiger partial charge >= 0.3 is 0 Å². The van der Waals surface area contributed by atoms with E-state index in [2.05, 4.69) is 20.3 Å². The van der Waals surface area contributed by atoms with Gasteiger partial charge in [0.1, 0.15) is 11.7 Å². The smallest absolute Gasteiger partial charge is 0.265 e. The van der Waals surface area contributed by atoms with Gasteiger partial charge in [0.05, 0.1) is 22.8 Å². The maximum atomic E-state index is 12.8. The summed E-state index contributed by atoms with van der Waals surface area (Å²) in [4.78, 5) is 54.5. The number of piperidine rings is 1. The fourth-order valence-electron chi connectivity index (χ4n) is 3.45. The summed E-state index contributed by atoms with van der Waals surface area (Å²) in [5.41, 5.74) is 1.40. The summed E-state index contributed by atoms with van der Waals surface area (Å²) in [7, 11) is 0. The summed E-state index contributed by atoms with van der Waals surface area (Å²) in [6, 6.07) is 1.24. The van der Waals surface area contributed by atoms with Crippen molar-refractivity contribution in [2.24, 2.45) is 0 Å². The Labute approximate surface area is 188 Å². The van der Waals surface area contributed by atoms with Crippen molar-refractivity contribution in [2.45, 2.75) is 50.0 Å². The van der Waals surface area contributed by atoms with Gasteiger partial charge in [-0.15, -0.1) is 16.1 Å². The van der Waals surface area contributed by atoms with Crippen molar-refractivity contribution in [1.82, 2.24) is 19.9 Å². The van der Waals surface area contributed by atoms with Crippen molar-refractivity contribution in [3.63, 3.8) is 0 Å². The standard InChI is InChI=1S/C18H19N5O5S3/c1-8-17(30-18(20-8)21-9(2)24)31(28)19-6-11-5-10-7-23(16(27)14(10)29-11)12-3-4-13(25)22-15(12)26/h5,12,19H,3-4,6-7H2,1-2H3,(H,20,21,24)(H,22,25,26). The predicted molar refractivity (Wildman–Crippen MR) is 115 cm³/mol. The van der Waals surface area contributed by atoms with Crippen LogP contribution in [-0.2, 0) is 38.8 Å². The first kappa shape index (κ1) is 21.9. The predicted octanol–water partition coefficient (Wildman–Crippen LogP) is 1.04. The molecule has 2 aromatic rings. The Hall–Kier alpha value is -2.32. The Bertz CT molecular complexity index is 1080. The Kier molecular flexibility index (Phi) is 6.12. The maximum Gasteiger partial charge on any atom is 0.265 e. The van der Waals surface area contributed by atoms with Gasteiger partial charge in [-0.05, 0) is 36.3 Å². The van der Waals surface area contributed by atoms with Crippen LogP contribution in [-0.4, -0.2) is 44.1 Å². The van der Waals surface area contributed by atoms with Crippen LogP contribution in [0.5, 0.6) is 0 Å². The SMILES string of the molecule is CC(=O)Nc1nc(C)c([S+]([O-])NCc2cc3c(s2)C(=O)N(C2CCC(=O)NC2=O)C3)s1. The fraction of sp³-hybridized carbons (Fsp3) is 0.389. The maximum absolute atomic E-state index is 12.8. The molecule has 31 heavy (non-hydrogen) atoms. The lowest BCUT2D eigenvalue weighted by Crippen LogP contribution is -2.52. The number of amides is 4. The Morgan fingerprint density at radius 2 is 2.16 bits per heavy atom. The molecule has 4 heterocycles. The molecular formula is C18H19N5O5S3. The van der Waals surface area contributed by atoms with Gasteiger partial charge in [-0.25, -0.2) is 4.98 Å². The summed E-state index contributed by atoms with van der Waals surface area (Å²) >= 11 is 0.928. The second kappa shape index (κ2) is 8.67. The minimum absolute atomic E-state index is 0.218. The summed E-state index contributed by atoms with van der Waals surface area (Å²) in [6.07, 6.45) is 0.545. The molecule has 13 heteroatoms. The lowest BCUT2D eigenvalue weighted by Gasteiger charge is -2.29. The van der Waals surface area contributed by atoms with E-state index in [0.29, 0.717) is 39.4 Å². The average molecular weight is 482 g/mol. The molecule has 0 bridgehead atoms. The third kappa shape index (κ3) is 4.50. The highest BCUT2D eigenvalue weighted by molar-refractivity contribution is 7.91. The zero-order chi connectivity index (χ0) is 22.3. The lowest BCUT2D eigenvalue weighted by molar-refractivity contribution is -0.137. The van der Waals surface area contributed by atoms with E-state index in [4.69, 9.17) is 0 Å². The van der Waals surface area contributed by atoms with Crippen LogP contribution in [0, 0.1) is 6.92 Å². The van der Waals surface area contributed by atoms with Crippen molar-refractivity contribution in [3.05, 3.63) is 27.1 Å². The molecule has 4 rings (SSSR count). The van der Waals surface area contributed by atoms with Crippen LogP contribution in [0.25, 0.3) is 0 Å². The second-order valence-electron chi connectivity index (χ2n) is 7.13. The molecular weight excluding hydrogens is 462 g/mol. The highest BCUT2D eigenvalue weighted by atomic mass is 32.2. The van der Waals surface area contributed by atoms with Gasteiger partial charge in [0.15, 0.2) is 5.13 Å². The Morgan fingerprint density at radius 1 is 1.39 bits per heavy atom. The van der Waals surface area contributed by atoms with Gasteiger partial charge in [0.25, 0.3) is 10.1 Å². The van der Waals surface area contributed by atoms with Crippen molar-refractivity contribution in [2.75, 3.05) is 5.32 Å². The van der Waals surface area contributed by atoms with E-state index in [9.17, 15) is 23.7 Å². The van der Waals surface area contributed by atoms with E-state index in [0.717, 1.165) is 21.8 Å². The lowest BCUT2D eigenvalue weighted by atomic mass is 10.0. The first-order chi connectivity index (χ1) is 14.7. The van der Waals surface area contributed by atoms with Crippen molar-refractivity contribution >= 4 is 62.8 Å². The van der Waals surface area contributed by atoms with Crippen LogP contribution in [0.1, 0.15) is 45.6 Å². The van der Waals surface area contributed by atoms with E-state index in [1.165, 1.54) is 23.2 Å². The number of aryl methyl sites for hydroxylation is 1. The van der Waals surface area contributed by atoms with Gasteiger partial charge in [-0.3, -0.25) is 24.5 Å². The van der Waals surface area contributed by atoms with E-state index >= 15 is 0 Å². The first-order valence-corrected chi connectivity index (χ1v) is 12.2. The number of imide groups is 1. The van der Waals surface area contributed by atoms with Crippen molar-refractivity contribution < 1.29 is 23.7 Å². The molecule has 1 fully saturated rings. The van der Waals surface area contributed by atoms with Gasteiger partial charge in [0.2, 0.25) is 17.7 Å². The molecule has 0 aliphatic carbocycles. The number of aromatic nitrogens is 1. The number of nitrogens with zero attached hydrogens (tertiary/aromatic N) is 2. The highest BCUT2D eigenvalue weighted by Gasteiger charge is 2.40. The molecule has 164 valence electrons. The van der Waals surface area contributed by atoms with Crippen molar-refractivity contribution in [1.29, 1.82) is 0 Å². The zero-order valence-electron chi connectivity index (χ0n) is 16.6. The van der Waals surface area contributed by atoms with Crippen LogP contribution >= 0.6 is 22.7 Å². The number of nitrogens with one attached hydrogen (secondary N) is 3. The molecule has 2 aliphatic rings. The molecule has 1 saturated heterocycles. The molecule has 2 unspecified atom stereocenters. The van der Waals surface area contributed by atoms with E-state index in [1.54, 1.807) is 6.92 Å². The zero-order valence-corrected chi connectivity index (χ0v) is 19.1. The molecule has 0 aromatic carbocycles.